The Labute approximate surface area is 114 Å². The normalized spacial score (nSPS) is 13.3. The quantitative estimate of drug-likeness (QED) is 0.805. The number of rotatable bonds is 2. The van der Waals surface area contributed by atoms with Crippen molar-refractivity contribution in [2.75, 3.05) is 0 Å². The third kappa shape index (κ3) is 2.99. The van der Waals surface area contributed by atoms with Crippen LogP contribution in [0.3, 0.4) is 0 Å². The lowest BCUT2D eigenvalue weighted by atomic mass is 9.97. The maximum Gasteiger partial charge on any atom is 0.417 e. The molecule has 1 nitrogen and oxygen atoms in total. The maximum absolute atomic E-state index is 13.0. The minimum Gasteiger partial charge on any atom is -0.324 e. The third-order valence-electron chi connectivity index (χ3n) is 3.03. The Balaban J connectivity index is 2.52. The summed E-state index contributed by atoms with van der Waals surface area (Å²) in [4.78, 5) is 0. The fraction of sp³-hybridized carbons (Fsp3) is 0.200. The molecule has 0 saturated carbocycles. The van der Waals surface area contributed by atoms with Gasteiger partial charge in [-0.3, -0.25) is 0 Å². The molecule has 0 spiro atoms. The number of hydrogen-bond donors (Lipinski definition) is 1. The van der Waals surface area contributed by atoms with Gasteiger partial charge in [-0.15, -0.1) is 0 Å². The zero-order chi connectivity index (χ0) is 14.9. The second kappa shape index (κ2) is 5.25. The van der Waals surface area contributed by atoms with Gasteiger partial charge in [0, 0.05) is 6.04 Å². The van der Waals surface area contributed by atoms with Gasteiger partial charge >= 0.3 is 6.18 Å². The average Bonchev–Trinajstić information content (AvgIpc) is 2.38. The van der Waals surface area contributed by atoms with E-state index in [1.807, 2.05) is 0 Å². The predicted octanol–water partition coefficient (Wildman–Crippen LogP) is 4.53. The van der Waals surface area contributed by atoms with Crippen LogP contribution in [0.15, 0.2) is 42.5 Å². The fourth-order valence-electron chi connectivity index (χ4n) is 1.97. The summed E-state index contributed by atoms with van der Waals surface area (Å²) in [6.45, 7) is 1.79. The first-order chi connectivity index (χ1) is 9.29. The van der Waals surface area contributed by atoms with Gasteiger partial charge in [-0.2, -0.15) is 13.2 Å². The number of nitrogens with two attached hydrogens (primary N) is 1. The first-order valence-electron chi connectivity index (χ1n) is 6.01. The zero-order valence-electron chi connectivity index (χ0n) is 10.7. The van der Waals surface area contributed by atoms with Crippen LogP contribution in [-0.2, 0) is 6.18 Å². The van der Waals surface area contributed by atoms with E-state index >= 15 is 0 Å². The molecule has 2 N–H and O–H groups in total. The number of alkyl halides is 3. The molecule has 5 heteroatoms. The minimum atomic E-state index is -4.60. The van der Waals surface area contributed by atoms with E-state index in [1.54, 1.807) is 31.2 Å². The summed E-state index contributed by atoms with van der Waals surface area (Å²) < 4.78 is 51.9. The monoisotopic (exact) mass is 283 g/mol. The molecule has 0 aliphatic rings. The second-order valence-corrected chi connectivity index (χ2v) is 4.60. The van der Waals surface area contributed by atoms with Crippen LogP contribution in [0.4, 0.5) is 17.6 Å². The third-order valence-corrected chi connectivity index (χ3v) is 3.03. The maximum atomic E-state index is 13.0. The van der Waals surface area contributed by atoms with E-state index in [0.29, 0.717) is 11.6 Å². The van der Waals surface area contributed by atoms with Crippen molar-refractivity contribution < 1.29 is 17.6 Å². The Morgan fingerprint density at radius 3 is 2.10 bits per heavy atom. The summed E-state index contributed by atoms with van der Waals surface area (Å²) in [6.07, 6.45) is -4.60. The van der Waals surface area contributed by atoms with Crippen LogP contribution in [0.5, 0.6) is 0 Å². The Morgan fingerprint density at radius 2 is 1.60 bits per heavy atom. The van der Waals surface area contributed by atoms with E-state index in [1.165, 1.54) is 0 Å². The van der Waals surface area contributed by atoms with Crippen LogP contribution in [0.25, 0.3) is 11.1 Å². The largest absolute Gasteiger partial charge is 0.417 e. The molecule has 1 unspecified atom stereocenters. The van der Waals surface area contributed by atoms with Crippen molar-refractivity contribution in [2.24, 2.45) is 5.73 Å². The van der Waals surface area contributed by atoms with E-state index in [2.05, 4.69) is 0 Å². The molecule has 0 aliphatic heterocycles. The van der Waals surface area contributed by atoms with E-state index < -0.39 is 17.6 Å². The van der Waals surface area contributed by atoms with Crippen molar-refractivity contribution in [3.63, 3.8) is 0 Å². The van der Waals surface area contributed by atoms with Crippen LogP contribution in [0.2, 0.25) is 0 Å². The van der Waals surface area contributed by atoms with Gasteiger partial charge in [0.1, 0.15) is 5.82 Å². The second-order valence-electron chi connectivity index (χ2n) is 4.60. The van der Waals surface area contributed by atoms with Gasteiger partial charge in [-0.1, -0.05) is 30.3 Å². The molecule has 0 amide bonds. The highest BCUT2D eigenvalue weighted by Crippen LogP contribution is 2.37. The lowest BCUT2D eigenvalue weighted by Crippen LogP contribution is -2.08. The molecule has 0 aliphatic carbocycles. The molecule has 0 fully saturated rings. The SMILES string of the molecule is CC(N)c1ccc(-c2ccc(F)cc2C(F)(F)F)cc1. The van der Waals surface area contributed by atoms with E-state index in [9.17, 15) is 17.6 Å². The first-order valence-corrected chi connectivity index (χ1v) is 6.01. The Bertz CT molecular complexity index is 600. The topological polar surface area (TPSA) is 26.0 Å². The zero-order valence-corrected chi connectivity index (χ0v) is 10.7. The molecule has 0 saturated heterocycles. The highest BCUT2D eigenvalue weighted by Gasteiger charge is 2.34. The van der Waals surface area contributed by atoms with Gasteiger partial charge in [-0.25, -0.2) is 4.39 Å². The van der Waals surface area contributed by atoms with Crippen molar-refractivity contribution in [1.29, 1.82) is 0 Å². The summed E-state index contributed by atoms with van der Waals surface area (Å²) >= 11 is 0. The van der Waals surface area contributed by atoms with Crippen molar-refractivity contribution in [1.82, 2.24) is 0 Å². The fourth-order valence-corrected chi connectivity index (χ4v) is 1.97. The highest BCUT2D eigenvalue weighted by atomic mass is 19.4. The number of hydrogen-bond acceptors (Lipinski definition) is 1. The van der Waals surface area contributed by atoms with Crippen molar-refractivity contribution in [3.05, 3.63) is 59.4 Å². The molecule has 106 valence electrons. The molecule has 0 aromatic heterocycles. The van der Waals surface area contributed by atoms with Crippen molar-refractivity contribution >= 4 is 0 Å². The molecular formula is C15H13F4N. The molecule has 2 aromatic carbocycles. The van der Waals surface area contributed by atoms with E-state index in [0.717, 1.165) is 17.7 Å². The lowest BCUT2D eigenvalue weighted by molar-refractivity contribution is -0.137. The van der Waals surface area contributed by atoms with E-state index in [-0.39, 0.29) is 11.6 Å². The average molecular weight is 283 g/mol. The highest BCUT2D eigenvalue weighted by molar-refractivity contribution is 5.68. The van der Waals surface area contributed by atoms with E-state index in [4.69, 9.17) is 5.73 Å². The van der Waals surface area contributed by atoms with Gasteiger partial charge in [0.25, 0.3) is 0 Å². The summed E-state index contributed by atoms with van der Waals surface area (Å²) in [6, 6.07) is 8.92. The van der Waals surface area contributed by atoms with Gasteiger partial charge in [0.15, 0.2) is 0 Å². The molecule has 2 rings (SSSR count). The summed E-state index contributed by atoms with van der Waals surface area (Å²) in [5, 5.41) is 0. The standard InChI is InChI=1S/C15H13F4N/c1-9(20)10-2-4-11(5-3-10)13-7-6-12(16)8-14(13)15(17,18)19/h2-9H,20H2,1H3. The Hall–Kier alpha value is -1.88. The molecule has 0 radical (unpaired) electrons. The lowest BCUT2D eigenvalue weighted by Gasteiger charge is -2.14. The van der Waals surface area contributed by atoms with Gasteiger partial charge in [0.05, 0.1) is 5.56 Å². The first kappa shape index (κ1) is 14.5. The number of halogens is 4. The molecular weight excluding hydrogens is 270 g/mol. The van der Waals surface area contributed by atoms with Crippen molar-refractivity contribution in [2.45, 2.75) is 19.1 Å². The molecule has 0 heterocycles. The summed E-state index contributed by atoms with van der Waals surface area (Å²) in [5.41, 5.74) is 5.87. The van der Waals surface area contributed by atoms with Crippen molar-refractivity contribution in [3.8, 4) is 11.1 Å². The molecule has 2 aromatic rings. The Morgan fingerprint density at radius 1 is 1.00 bits per heavy atom. The van der Waals surface area contributed by atoms with Gasteiger partial charge in [0.2, 0.25) is 0 Å². The van der Waals surface area contributed by atoms with Crippen LogP contribution >= 0.6 is 0 Å². The van der Waals surface area contributed by atoms with Gasteiger partial charge < -0.3 is 5.73 Å². The smallest absolute Gasteiger partial charge is 0.324 e. The molecule has 1 atom stereocenters. The summed E-state index contributed by atoms with van der Waals surface area (Å²) in [7, 11) is 0. The Kier molecular flexibility index (Phi) is 3.81. The molecule has 20 heavy (non-hydrogen) atoms. The summed E-state index contributed by atoms with van der Waals surface area (Å²) in [5.74, 6) is -0.909. The molecule has 0 bridgehead atoms. The van der Waals surface area contributed by atoms with Crippen LogP contribution in [0, 0.1) is 5.82 Å². The van der Waals surface area contributed by atoms with Crippen LogP contribution in [-0.4, -0.2) is 0 Å². The minimum absolute atomic E-state index is 0.0462. The van der Waals surface area contributed by atoms with Crippen LogP contribution < -0.4 is 5.73 Å². The number of benzene rings is 2. The van der Waals surface area contributed by atoms with Gasteiger partial charge in [-0.05, 0) is 35.7 Å². The predicted molar refractivity (Wildman–Crippen MR) is 69.4 cm³/mol. The van der Waals surface area contributed by atoms with Crippen LogP contribution in [0.1, 0.15) is 24.1 Å².